The maximum atomic E-state index is 14.2. The quantitative estimate of drug-likeness (QED) is 0.0222. The second kappa shape index (κ2) is 35.8. The molecule has 1 aromatic rings. The highest BCUT2D eigenvalue weighted by Gasteiger charge is 2.33. The molecule has 416 valence electrons. The lowest BCUT2D eigenvalue weighted by Gasteiger charge is -2.26. The van der Waals surface area contributed by atoms with Gasteiger partial charge in [0.2, 0.25) is 59.1 Å². The van der Waals surface area contributed by atoms with E-state index < -0.39 is 157 Å². The van der Waals surface area contributed by atoms with Crippen LogP contribution in [-0.4, -0.2) is 206 Å². The highest BCUT2D eigenvalue weighted by Crippen LogP contribution is 2.09. The molecule has 1 heterocycles. The molecule has 75 heavy (non-hydrogen) atoms. The molecule has 0 aromatic heterocycles. The van der Waals surface area contributed by atoms with Crippen LogP contribution in [0.5, 0.6) is 0 Å². The zero-order chi connectivity index (χ0) is 55.7. The number of carbonyl (C=O) groups is 12. The van der Waals surface area contributed by atoms with Crippen molar-refractivity contribution in [3.05, 3.63) is 35.9 Å². The van der Waals surface area contributed by atoms with Crippen LogP contribution in [0.4, 0.5) is 0 Å². The lowest BCUT2D eigenvalue weighted by Crippen LogP contribution is -2.60. The molecule has 1 saturated heterocycles. The molecule has 2 rings (SSSR count). The lowest BCUT2D eigenvalue weighted by molar-refractivity contribution is -0.141. The number of amides is 10. The van der Waals surface area contributed by atoms with E-state index in [9.17, 15) is 67.7 Å². The Kier molecular flexibility index (Phi) is 30.5. The van der Waals surface area contributed by atoms with Gasteiger partial charge < -0.3 is 90.1 Å². The van der Waals surface area contributed by atoms with Crippen LogP contribution in [0.25, 0.3) is 0 Å². The molecule has 1 aliphatic heterocycles. The number of thiol groups is 1. The largest absolute Gasteiger partial charge is 0.481 e. The highest BCUT2D eigenvalue weighted by molar-refractivity contribution is 8.00. The molecular formula is C43H66N14O16S2. The summed E-state index contributed by atoms with van der Waals surface area (Å²) in [5.41, 5.74) is 16.6. The molecule has 0 spiro atoms. The minimum atomic E-state index is -1.85. The maximum Gasteiger partial charge on any atom is 0.305 e. The molecule has 1 fully saturated rings. The molecule has 1 aromatic carbocycles. The number of nitrogens with zero attached hydrogens (tertiary/aromatic N) is 1. The SMILES string of the molecule is NCCOCCOCCNC(=O)CNC(=O)[C@@H]1CSCC(=O)N[C@@H](CC(=O)O)C(=O)NCC(=O)N[C@@H](CCCN=C(N)N)C(=O)NCC(=O)N[C@@H](CC(=O)O)C(=O)N[C@@H](CS)C(=O)N[C@@H](Cc2ccccc2)C(=O)N1. The smallest absolute Gasteiger partial charge is 0.305 e. The number of hydrogen-bond acceptors (Lipinski definition) is 18. The topological polar surface area (TPSA) is 474 Å². The van der Waals surface area contributed by atoms with Gasteiger partial charge in [0.1, 0.15) is 36.3 Å². The number of carboxylic acids is 2. The van der Waals surface area contributed by atoms with E-state index in [4.69, 9.17) is 26.7 Å². The third-order valence-electron chi connectivity index (χ3n) is 10.0. The molecule has 30 nitrogen and oxygen atoms in total. The van der Waals surface area contributed by atoms with Gasteiger partial charge in [0.15, 0.2) is 5.96 Å². The van der Waals surface area contributed by atoms with Gasteiger partial charge in [0.05, 0.1) is 64.7 Å². The van der Waals surface area contributed by atoms with Crippen molar-refractivity contribution < 1.29 is 77.2 Å². The number of nitrogens with two attached hydrogens (primary N) is 3. The summed E-state index contributed by atoms with van der Waals surface area (Å²) in [6.45, 7) is -0.999. The number of ether oxygens (including phenoxy) is 2. The third kappa shape index (κ3) is 27.5. The van der Waals surface area contributed by atoms with Gasteiger partial charge in [-0.1, -0.05) is 30.3 Å². The van der Waals surface area contributed by atoms with Crippen molar-refractivity contribution in [1.29, 1.82) is 0 Å². The van der Waals surface area contributed by atoms with Crippen LogP contribution in [-0.2, 0) is 73.4 Å². The number of aliphatic imine (C=N–C) groups is 1. The fourth-order valence-corrected chi connectivity index (χ4v) is 7.51. The van der Waals surface area contributed by atoms with Gasteiger partial charge in [0, 0.05) is 37.6 Å². The van der Waals surface area contributed by atoms with Crippen LogP contribution < -0.4 is 70.4 Å². The van der Waals surface area contributed by atoms with Crippen LogP contribution in [0.3, 0.4) is 0 Å². The van der Waals surface area contributed by atoms with E-state index in [0.29, 0.717) is 18.7 Å². The Morgan fingerprint density at radius 1 is 0.680 bits per heavy atom. The Bertz CT molecular complexity index is 2160. The first-order chi connectivity index (χ1) is 35.7. The number of carbonyl (C=O) groups excluding carboxylic acids is 10. The average Bonchev–Trinajstić information content (AvgIpc) is 3.35. The zero-order valence-corrected chi connectivity index (χ0v) is 42.4. The Morgan fingerprint density at radius 3 is 1.83 bits per heavy atom. The summed E-state index contributed by atoms with van der Waals surface area (Å²) >= 11 is 4.89. The maximum absolute atomic E-state index is 14.2. The molecule has 0 aliphatic carbocycles. The van der Waals surface area contributed by atoms with Crippen LogP contribution in [0, 0.1) is 0 Å². The lowest BCUT2D eigenvalue weighted by atomic mass is 10.0. The molecule has 18 N–H and O–H groups in total. The predicted molar refractivity (Wildman–Crippen MR) is 270 cm³/mol. The standard InChI is InChI=1S/C43H66N14O16S2/c44-8-11-72-13-14-73-12-10-47-31(58)18-49-39(68)30-22-75-23-34(61)54-27(16-35(62)63)38(67)51-19-32(59)52-25(7-4-9-48-43(45)46)37(66)50-20-33(60)53-28(17-36(64)65)41(70)56-29(21-74)42(71)55-26(40(69)57-30)15-24-5-2-1-3-6-24/h1-3,5-6,25-30,74H,4,7-23,44H2,(H,47,58)(H,49,68)(H,50,66)(H,51,67)(H,52,59)(H,53,60)(H,54,61)(H,55,71)(H,56,70)(H,57,69)(H,62,63)(H,64,65)(H4,45,46,48)/t25-,26-,27-,28-,29-,30-/m0/s1. The molecule has 0 radical (unpaired) electrons. The summed E-state index contributed by atoms with van der Waals surface area (Å²) in [5, 5.41) is 42.6. The number of aliphatic carboxylic acids is 2. The van der Waals surface area contributed by atoms with Crippen molar-refractivity contribution in [2.24, 2.45) is 22.2 Å². The Hall–Kier alpha value is -7.29. The normalized spacial score (nSPS) is 21.1. The first-order valence-electron chi connectivity index (χ1n) is 23.2. The number of carboxylic acid groups (broad SMARTS) is 2. The van der Waals surface area contributed by atoms with Crippen LogP contribution >= 0.6 is 24.4 Å². The highest BCUT2D eigenvalue weighted by atomic mass is 32.2. The number of rotatable bonds is 22. The number of benzene rings is 1. The number of guanidine groups is 1. The second-order valence-corrected chi connectivity index (χ2v) is 17.5. The van der Waals surface area contributed by atoms with Gasteiger partial charge in [-0.3, -0.25) is 62.5 Å². The zero-order valence-electron chi connectivity index (χ0n) is 40.7. The fourth-order valence-electron chi connectivity index (χ4n) is 6.39. The first-order valence-corrected chi connectivity index (χ1v) is 25.0. The second-order valence-electron chi connectivity index (χ2n) is 16.1. The van der Waals surface area contributed by atoms with Crippen LogP contribution in [0.1, 0.15) is 31.2 Å². The van der Waals surface area contributed by atoms with E-state index in [0.717, 1.165) is 11.8 Å². The number of hydrogen-bond donors (Lipinski definition) is 16. The van der Waals surface area contributed by atoms with Crippen molar-refractivity contribution in [2.45, 2.75) is 68.4 Å². The summed E-state index contributed by atoms with van der Waals surface area (Å²) in [7, 11) is 0. The van der Waals surface area contributed by atoms with Crippen LogP contribution in [0.2, 0.25) is 0 Å². The van der Waals surface area contributed by atoms with Gasteiger partial charge >= 0.3 is 11.9 Å². The molecular weight excluding hydrogens is 1030 g/mol. The monoisotopic (exact) mass is 1100 g/mol. The van der Waals surface area contributed by atoms with Crippen molar-refractivity contribution in [3.8, 4) is 0 Å². The van der Waals surface area contributed by atoms with Gasteiger partial charge in [0.25, 0.3) is 0 Å². The average molecular weight is 1100 g/mol. The van der Waals surface area contributed by atoms with E-state index in [1.165, 1.54) is 0 Å². The number of nitrogens with one attached hydrogen (secondary N) is 10. The number of thioether (sulfide) groups is 1. The molecule has 1 aliphatic rings. The van der Waals surface area contributed by atoms with E-state index in [2.05, 4.69) is 70.8 Å². The summed E-state index contributed by atoms with van der Waals surface area (Å²) in [5.74, 6) is -14.6. The van der Waals surface area contributed by atoms with E-state index in [1.807, 2.05) is 0 Å². The van der Waals surface area contributed by atoms with Gasteiger partial charge in [-0.15, -0.1) is 11.8 Å². The Morgan fingerprint density at radius 2 is 1.23 bits per heavy atom. The van der Waals surface area contributed by atoms with Crippen molar-refractivity contribution in [2.75, 3.05) is 83.0 Å². The molecule has 0 unspecified atom stereocenters. The van der Waals surface area contributed by atoms with Gasteiger partial charge in [-0.25, -0.2) is 0 Å². The third-order valence-corrected chi connectivity index (χ3v) is 11.4. The minimum Gasteiger partial charge on any atom is -0.481 e. The predicted octanol–water partition coefficient (Wildman–Crippen LogP) is -7.73. The molecule has 0 bridgehead atoms. The molecule has 0 saturated carbocycles. The Labute approximate surface area is 439 Å². The Balaban J connectivity index is 2.52. The van der Waals surface area contributed by atoms with Gasteiger partial charge in [-0.2, -0.15) is 12.6 Å². The summed E-state index contributed by atoms with van der Waals surface area (Å²) < 4.78 is 10.6. The van der Waals surface area contributed by atoms with Gasteiger partial charge in [-0.05, 0) is 18.4 Å². The molecule has 32 heteroatoms. The van der Waals surface area contributed by atoms with Crippen molar-refractivity contribution in [3.63, 3.8) is 0 Å². The summed E-state index contributed by atoms with van der Waals surface area (Å²) in [6, 6.07) is -1.47. The van der Waals surface area contributed by atoms with E-state index in [1.54, 1.807) is 30.3 Å². The fraction of sp³-hybridized carbons (Fsp3) is 0.558. The van der Waals surface area contributed by atoms with Crippen molar-refractivity contribution >= 4 is 101 Å². The summed E-state index contributed by atoms with van der Waals surface area (Å²) in [4.78, 5) is 161. The molecule has 6 atom stereocenters. The summed E-state index contributed by atoms with van der Waals surface area (Å²) in [6.07, 6.45) is -2.25. The first kappa shape index (κ1) is 63.8. The molecule has 10 amide bonds. The minimum absolute atomic E-state index is 0.0106. The van der Waals surface area contributed by atoms with Crippen molar-refractivity contribution in [1.82, 2.24) is 53.2 Å². The van der Waals surface area contributed by atoms with Crippen LogP contribution in [0.15, 0.2) is 35.3 Å². The van der Waals surface area contributed by atoms with E-state index >= 15 is 0 Å². The van der Waals surface area contributed by atoms with E-state index in [-0.39, 0.29) is 58.1 Å².